The van der Waals surface area contributed by atoms with Gasteiger partial charge in [-0.1, -0.05) is 127 Å². The van der Waals surface area contributed by atoms with Crippen LogP contribution in [0.1, 0.15) is 115 Å². The maximum atomic E-state index is 2.49. The molecule has 0 heterocycles. The van der Waals surface area contributed by atoms with E-state index in [1.165, 1.54) is 114 Å². The molecule has 0 fully saturated rings. The van der Waals surface area contributed by atoms with Crippen LogP contribution in [0.3, 0.4) is 0 Å². The highest BCUT2D eigenvalue weighted by molar-refractivity contribution is 5.84. The molecule has 0 spiro atoms. The lowest BCUT2D eigenvalue weighted by molar-refractivity contribution is 0.583. The van der Waals surface area contributed by atoms with E-state index in [1.807, 2.05) is 0 Å². The Morgan fingerprint density at radius 2 is 0.821 bits per heavy atom. The molecule has 0 amide bonds. The fourth-order valence-corrected chi connectivity index (χ4v) is 4.35. The molecule has 2 rings (SSSR count). The monoisotopic (exact) mass is 380 g/mol. The molecule has 0 aliphatic rings. The van der Waals surface area contributed by atoms with E-state index in [4.69, 9.17) is 0 Å². The second kappa shape index (κ2) is 14.7. The van der Waals surface area contributed by atoms with Crippen LogP contribution in [0.15, 0.2) is 36.4 Å². The molecule has 0 radical (unpaired) electrons. The molecule has 28 heavy (non-hydrogen) atoms. The molecule has 0 saturated carbocycles. The summed E-state index contributed by atoms with van der Waals surface area (Å²) in [5, 5.41) is 2.84. The summed E-state index contributed by atoms with van der Waals surface area (Å²) < 4.78 is 0. The maximum Gasteiger partial charge on any atom is -0.0181 e. The number of aryl methyl sites for hydroxylation is 2. The van der Waals surface area contributed by atoms with Crippen molar-refractivity contribution in [1.82, 2.24) is 0 Å². The minimum absolute atomic E-state index is 1.27. The highest BCUT2D eigenvalue weighted by atomic mass is 14.1. The van der Waals surface area contributed by atoms with Crippen LogP contribution in [0.25, 0.3) is 10.8 Å². The van der Waals surface area contributed by atoms with E-state index in [2.05, 4.69) is 50.2 Å². The van der Waals surface area contributed by atoms with E-state index in [9.17, 15) is 0 Å². The summed E-state index contributed by atoms with van der Waals surface area (Å²) in [5.41, 5.74) is 3.25. The van der Waals surface area contributed by atoms with Gasteiger partial charge in [0.15, 0.2) is 0 Å². The van der Waals surface area contributed by atoms with Gasteiger partial charge in [-0.3, -0.25) is 0 Å². The van der Waals surface area contributed by atoms with Crippen molar-refractivity contribution in [2.75, 3.05) is 0 Å². The number of hydrogen-bond acceptors (Lipinski definition) is 0. The van der Waals surface area contributed by atoms with Gasteiger partial charge in [-0.2, -0.15) is 0 Å². The van der Waals surface area contributed by atoms with Gasteiger partial charge < -0.3 is 0 Å². The number of unbranched alkanes of at least 4 members (excludes halogenated alkanes) is 12. The predicted octanol–water partition coefficient (Wildman–Crippen LogP) is 9.43. The van der Waals surface area contributed by atoms with Gasteiger partial charge in [0.1, 0.15) is 0 Å². The van der Waals surface area contributed by atoms with Crippen LogP contribution in [0.2, 0.25) is 0 Å². The summed E-state index contributed by atoms with van der Waals surface area (Å²) in [5.74, 6) is 0. The lowest BCUT2D eigenvalue weighted by Gasteiger charge is -2.12. The van der Waals surface area contributed by atoms with Crippen molar-refractivity contribution in [3.8, 4) is 0 Å². The topological polar surface area (TPSA) is 0 Å². The minimum Gasteiger partial charge on any atom is -0.0654 e. The third-order valence-electron chi connectivity index (χ3n) is 6.17. The zero-order chi connectivity index (χ0) is 19.9. The van der Waals surface area contributed by atoms with Crippen molar-refractivity contribution < 1.29 is 0 Å². The summed E-state index contributed by atoms with van der Waals surface area (Å²) in [6.07, 6.45) is 22.1. The highest BCUT2D eigenvalue weighted by Gasteiger charge is 2.06. The Morgan fingerprint density at radius 3 is 1.21 bits per heavy atom. The molecule has 156 valence electrons. The molecule has 0 aliphatic heterocycles. The fraction of sp³-hybridized carbons (Fsp3) is 0.643. The average Bonchev–Trinajstić information content (AvgIpc) is 2.72. The van der Waals surface area contributed by atoms with Gasteiger partial charge in [-0.05, 0) is 47.6 Å². The second-order valence-electron chi connectivity index (χ2n) is 8.71. The first-order valence-electron chi connectivity index (χ1n) is 12.4. The van der Waals surface area contributed by atoms with E-state index in [0.717, 1.165) is 0 Å². The molecule has 2 aromatic carbocycles. The Labute approximate surface area is 175 Å². The quantitative estimate of drug-likeness (QED) is 0.254. The number of fused-ring (bicyclic) bond motifs is 1. The molecule has 0 aromatic heterocycles. The molecule has 0 bridgehead atoms. The number of benzene rings is 2. The minimum atomic E-state index is 1.27. The smallest absolute Gasteiger partial charge is 0.0181 e. The van der Waals surface area contributed by atoms with Crippen molar-refractivity contribution in [2.45, 2.75) is 117 Å². The Balaban J connectivity index is 1.84. The summed E-state index contributed by atoms with van der Waals surface area (Å²) in [4.78, 5) is 0. The van der Waals surface area contributed by atoms with Gasteiger partial charge in [0.2, 0.25) is 0 Å². The zero-order valence-electron chi connectivity index (χ0n) is 18.8. The molecular weight excluding hydrogens is 336 g/mol. The summed E-state index contributed by atoms with van der Waals surface area (Å²) in [7, 11) is 0. The lowest BCUT2D eigenvalue weighted by Crippen LogP contribution is -1.96. The Hall–Kier alpha value is -1.30. The van der Waals surface area contributed by atoms with Crippen molar-refractivity contribution in [3.05, 3.63) is 47.5 Å². The van der Waals surface area contributed by atoms with Gasteiger partial charge in [-0.25, -0.2) is 0 Å². The molecule has 2 aromatic rings. The lowest BCUT2D eigenvalue weighted by atomic mass is 9.93. The second-order valence-corrected chi connectivity index (χ2v) is 8.71. The van der Waals surface area contributed by atoms with Gasteiger partial charge in [0, 0.05) is 0 Å². The van der Waals surface area contributed by atoms with E-state index < -0.39 is 0 Å². The van der Waals surface area contributed by atoms with Crippen molar-refractivity contribution >= 4 is 10.8 Å². The zero-order valence-corrected chi connectivity index (χ0v) is 18.8. The third-order valence-corrected chi connectivity index (χ3v) is 6.17. The summed E-state index contributed by atoms with van der Waals surface area (Å²) in [6.45, 7) is 4.60. The van der Waals surface area contributed by atoms with Gasteiger partial charge in [0.05, 0.1) is 0 Å². The molecule has 0 saturated heterocycles. The van der Waals surface area contributed by atoms with E-state index in [-0.39, 0.29) is 0 Å². The average molecular weight is 381 g/mol. The standard InChI is InChI=1S/C28H44/c1-3-5-7-9-11-13-15-19-25-23-27-21-17-18-22-28(27)24-26(25)20-16-14-12-10-8-6-4-2/h17-18,21-24H,3-16,19-20H2,1-2H3. The fourth-order valence-electron chi connectivity index (χ4n) is 4.35. The molecule has 0 atom stereocenters. The summed E-state index contributed by atoms with van der Waals surface area (Å²) >= 11 is 0. The SMILES string of the molecule is CCCCCCCCCc1cc2ccccc2cc1CCCCCCCCC. The van der Waals surface area contributed by atoms with Crippen LogP contribution in [-0.2, 0) is 12.8 Å². The summed E-state index contributed by atoms with van der Waals surface area (Å²) in [6, 6.07) is 13.9. The Kier molecular flexibility index (Phi) is 12.0. The number of rotatable bonds is 16. The van der Waals surface area contributed by atoms with Crippen molar-refractivity contribution in [2.24, 2.45) is 0 Å². The van der Waals surface area contributed by atoms with Crippen LogP contribution < -0.4 is 0 Å². The predicted molar refractivity (Wildman–Crippen MR) is 127 cm³/mol. The van der Waals surface area contributed by atoms with Gasteiger partial charge >= 0.3 is 0 Å². The normalized spacial score (nSPS) is 11.4. The van der Waals surface area contributed by atoms with Gasteiger partial charge in [0.25, 0.3) is 0 Å². The first kappa shape index (κ1) is 23.0. The van der Waals surface area contributed by atoms with E-state index in [0.29, 0.717) is 0 Å². The largest absolute Gasteiger partial charge is 0.0654 e. The Morgan fingerprint density at radius 1 is 0.464 bits per heavy atom. The first-order chi connectivity index (χ1) is 13.8. The van der Waals surface area contributed by atoms with Crippen LogP contribution in [0.5, 0.6) is 0 Å². The van der Waals surface area contributed by atoms with Gasteiger partial charge in [-0.15, -0.1) is 0 Å². The van der Waals surface area contributed by atoms with Crippen LogP contribution in [0.4, 0.5) is 0 Å². The maximum absolute atomic E-state index is 2.49. The Bertz CT molecular complexity index is 583. The third kappa shape index (κ3) is 8.80. The first-order valence-corrected chi connectivity index (χ1v) is 12.4. The van der Waals surface area contributed by atoms with Crippen molar-refractivity contribution in [1.29, 1.82) is 0 Å². The van der Waals surface area contributed by atoms with Crippen molar-refractivity contribution in [3.63, 3.8) is 0 Å². The van der Waals surface area contributed by atoms with E-state index >= 15 is 0 Å². The molecular formula is C28H44. The highest BCUT2D eigenvalue weighted by Crippen LogP contribution is 2.24. The molecule has 0 nitrogen and oxygen atoms in total. The van der Waals surface area contributed by atoms with Crippen LogP contribution in [-0.4, -0.2) is 0 Å². The van der Waals surface area contributed by atoms with E-state index in [1.54, 1.807) is 11.1 Å². The number of hydrogen-bond donors (Lipinski definition) is 0. The molecule has 0 unspecified atom stereocenters. The molecule has 0 N–H and O–H groups in total. The molecule has 0 heteroatoms. The van der Waals surface area contributed by atoms with Crippen LogP contribution >= 0.6 is 0 Å². The molecule has 0 aliphatic carbocycles. The van der Waals surface area contributed by atoms with Crippen LogP contribution in [0, 0.1) is 0 Å².